The summed E-state index contributed by atoms with van der Waals surface area (Å²) in [6, 6.07) is 10.6. The van der Waals surface area contributed by atoms with Crippen LogP contribution in [0.4, 0.5) is 17.1 Å². The number of nitrogens with zero attached hydrogens (tertiary/aromatic N) is 3. The van der Waals surface area contributed by atoms with E-state index in [1.54, 1.807) is 31.2 Å². The van der Waals surface area contributed by atoms with E-state index in [1.807, 2.05) is 19.1 Å². The first-order chi connectivity index (χ1) is 17.7. The van der Waals surface area contributed by atoms with Crippen LogP contribution >= 0.6 is 0 Å². The molecule has 0 aromatic heterocycles. The minimum atomic E-state index is -0.744. The number of carbonyl (C=O) groups is 4. The number of rotatable bonds is 5. The lowest BCUT2D eigenvalue weighted by atomic mass is 9.78. The van der Waals surface area contributed by atoms with Gasteiger partial charge < -0.3 is 9.64 Å². The van der Waals surface area contributed by atoms with Gasteiger partial charge in [-0.1, -0.05) is 25.1 Å². The van der Waals surface area contributed by atoms with E-state index in [0.29, 0.717) is 23.4 Å². The number of aryl methyl sites for hydroxylation is 1. The van der Waals surface area contributed by atoms with Crippen molar-refractivity contribution in [3.05, 3.63) is 70.3 Å². The molecule has 0 bridgehead atoms. The third kappa shape index (κ3) is 4.28. The maximum atomic E-state index is 13.0. The summed E-state index contributed by atoms with van der Waals surface area (Å²) in [5, 5.41) is 11.3. The Morgan fingerprint density at radius 1 is 1.05 bits per heavy atom. The van der Waals surface area contributed by atoms with Crippen LogP contribution in [-0.4, -0.2) is 35.2 Å². The number of hydrogen-bond acceptors (Lipinski definition) is 7. The summed E-state index contributed by atoms with van der Waals surface area (Å²) in [6.45, 7) is 3.58. The van der Waals surface area contributed by atoms with Crippen molar-refractivity contribution >= 4 is 40.8 Å². The molecule has 2 saturated heterocycles. The highest BCUT2D eigenvalue weighted by Gasteiger charge is 2.50. The SMILES string of the molecule is Cc1ccc(N2C[C@H](C(=O)Oc3ccc(N4C(=O)[C@@H]5[C@@H](C)C=CC[C@H]5C4=O)cc3)CC2=O)cc1[N+](=O)[O-]. The molecular formula is C27H25N3O7. The Kier molecular flexibility index (Phi) is 6.10. The molecular weight excluding hydrogens is 478 g/mol. The molecule has 0 saturated carbocycles. The quantitative estimate of drug-likeness (QED) is 0.152. The number of hydrogen-bond donors (Lipinski definition) is 0. The Balaban J connectivity index is 1.25. The maximum Gasteiger partial charge on any atom is 0.316 e. The lowest BCUT2D eigenvalue weighted by Crippen LogP contribution is -2.31. The normalized spacial score (nSPS) is 25.0. The zero-order valence-electron chi connectivity index (χ0n) is 20.3. The van der Waals surface area contributed by atoms with Gasteiger partial charge in [0.05, 0.1) is 34.1 Å². The first kappa shape index (κ1) is 24.4. The molecule has 10 heteroatoms. The van der Waals surface area contributed by atoms with Crippen molar-refractivity contribution in [2.24, 2.45) is 23.7 Å². The summed E-state index contributed by atoms with van der Waals surface area (Å²) >= 11 is 0. The fraction of sp³-hybridized carbons (Fsp3) is 0.333. The third-order valence-electron chi connectivity index (χ3n) is 7.35. The molecule has 0 spiro atoms. The molecule has 5 rings (SSSR count). The Bertz CT molecular complexity index is 1350. The Morgan fingerprint density at radius 3 is 2.43 bits per heavy atom. The van der Waals surface area contributed by atoms with Crippen LogP contribution in [-0.2, 0) is 19.2 Å². The zero-order valence-corrected chi connectivity index (χ0v) is 20.3. The van der Waals surface area contributed by atoms with Gasteiger partial charge in [0.15, 0.2) is 0 Å². The summed E-state index contributed by atoms with van der Waals surface area (Å²) < 4.78 is 5.47. The van der Waals surface area contributed by atoms with Gasteiger partial charge in [0.2, 0.25) is 17.7 Å². The largest absolute Gasteiger partial charge is 0.426 e. The van der Waals surface area contributed by atoms with Gasteiger partial charge in [-0.25, -0.2) is 0 Å². The number of carbonyl (C=O) groups excluding carboxylic acids is 4. The van der Waals surface area contributed by atoms with Gasteiger partial charge in [0, 0.05) is 24.6 Å². The number of esters is 1. The van der Waals surface area contributed by atoms with Gasteiger partial charge in [0.25, 0.3) is 5.69 Å². The standard InChI is InChI=1S/C27H25N3O7/c1-15-6-7-19(13-22(15)30(35)36)28-14-17(12-23(28)31)27(34)37-20-10-8-18(9-11-20)29-25(32)21-5-3-4-16(2)24(21)26(29)33/h3-4,6-11,13,16-17,21,24H,5,12,14H2,1-2H3/t16-,17+,21+,24+/m0/s1. The van der Waals surface area contributed by atoms with Crippen LogP contribution in [0.5, 0.6) is 5.75 Å². The lowest BCUT2D eigenvalue weighted by molar-refractivity contribution is -0.385. The van der Waals surface area contributed by atoms with Gasteiger partial charge in [-0.3, -0.25) is 34.2 Å². The zero-order chi connectivity index (χ0) is 26.4. The Morgan fingerprint density at radius 2 is 1.76 bits per heavy atom. The Labute approximate surface area is 212 Å². The molecule has 2 aromatic carbocycles. The molecule has 0 N–H and O–H groups in total. The van der Waals surface area contributed by atoms with E-state index in [1.165, 1.54) is 28.0 Å². The maximum absolute atomic E-state index is 13.0. The topological polar surface area (TPSA) is 127 Å². The molecule has 10 nitrogen and oxygen atoms in total. The molecule has 3 aliphatic rings. The molecule has 37 heavy (non-hydrogen) atoms. The number of anilines is 2. The predicted octanol–water partition coefficient (Wildman–Crippen LogP) is 3.56. The van der Waals surface area contributed by atoms with Crippen LogP contribution in [0.15, 0.2) is 54.6 Å². The smallest absolute Gasteiger partial charge is 0.316 e. The Hall–Kier alpha value is -4.34. The molecule has 2 aromatic rings. The van der Waals surface area contributed by atoms with Crippen molar-refractivity contribution in [2.45, 2.75) is 26.7 Å². The van der Waals surface area contributed by atoms with Crippen LogP contribution in [0.1, 0.15) is 25.3 Å². The third-order valence-corrected chi connectivity index (χ3v) is 7.35. The summed E-state index contributed by atoms with van der Waals surface area (Å²) in [4.78, 5) is 64.5. The molecule has 1 aliphatic carbocycles. The molecule has 4 atom stereocenters. The number of benzene rings is 2. The van der Waals surface area contributed by atoms with Gasteiger partial charge in [-0.2, -0.15) is 0 Å². The van der Waals surface area contributed by atoms with Gasteiger partial charge in [0.1, 0.15) is 5.75 Å². The van der Waals surface area contributed by atoms with E-state index >= 15 is 0 Å². The van der Waals surface area contributed by atoms with Gasteiger partial charge in [-0.15, -0.1) is 0 Å². The number of amides is 3. The van der Waals surface area contributed by atoms with Crippen LogP contribution < -0.4 is 14.5 Å². The molecule has 2 fully saturated rings. The van der Waals surface area contributed by atoms with E-state index in [4.69, 9.17) is 4.74 Å². The van der Waals surface area contributed by atoms with E-state index in [2.05, 4.69) is 0 Å². The highest BCUT2D eigenvalue weighted by molar-refractivity contribution is 6.22. The minimum absolute atomic E-state index is 0.0137. The highest BCUT2D eigenvalue weighted by atomic mass is 16.6. The van der Waals surface area contributed by atoms with Crippen molar-refractivity contribution < 1.29 is 28.8 Å². The van der Waals surface area contributed by atoms with Crippen molar-refractivity contribution in [3.63, 3.8) is 0 Å². The van der Waals surface area contributed by atoms with Crippen molar-refractivity contribution in [1.29, 1.82) is 0 Å². The number of ether oxygens (including phenoxy) is 1. The van der Waals surface area contributed by atoms with Crippen LogP contribution in [0.25, 0.3) is 0 Å². The second kappa shape index (κ2) is 9.27. The number of nitro groups is 1. The molecule has 0 unspecified atom stereocenters. The van der Waals surface area contributed by atoms with Crippen molar-refractivity contribution in [3.8, 4) is 5.75 Å². The minimum Gasteiger partial charge on any atom is -0.426 e. The average Bonchev–Trinajstić information content (AvgIpc) is 3.38. The molecule has 3 amide bonds. The fourth-order valence-electron chi connectivity index (χ4n) is 5.34. The van der Waals surface area contributed by atoms with E-state index in [9.17, 15) is 29.3 Å². The van der Waals surface area contributed by atoms with Gasteiger partial charge >= 0.3 is 5.97 Å². The van der Waals surface area contributed by atoms with Crippen LogP contribution in [0, 0.1) is 40.7 Å². The summed E-state index contributed by atoms with van der Waals surface area (Å²) in [7, 11) is 0. The highest BCUT2D eigenvalue weighted by Crippen LogP contribution is 2.40. The first-order valence-corrected chi connectivity index (χ1v) is 12.1. The molecule has 0 radical (unpaired) electrons. The van der Waals surface area contributed by atoms with E-state index in [-0.39, 0.29) is 59.9 Å². The lowest BCUT2D eigenvalue weighted by Gasteiger charge is -2.22. The van der Waals surface area contributed by atoms with Crippen molar-refractivity contribution in [2.75, 3.05) is 16.3 Å². The van der Waals surface area contributed by atoms with E-state index < -0.39 is 16.8 Å². The molecule has 2 heterocycles. The van der Waals surface area contributed by atoms with E-state index in [0.717, 1.165) is 0 Å². The average molecular weight is 504 g/mol. The molecule has 2 aliphatic heterocycles. The van der Waals surface area contributed by atoms with Crippen LogP contribution in [0.3, 0.4) is 0 Å². The second-order valence-electron chi connectivity index (χ2n) is 9.72. The fourth-order valence-corrected chi connectivity index (χ4v) is 5.34. The number of fused-ring (bicyclic) bond motifs is 1. The number of imide groups is 1. The monoisotopic (exact) mass is 503 g/mol. The van der Waals surface area contributed by atoms with Gasteiger partial charge in [-0.05, 0) is 49.6 Å². The number of allylic oxidation sites excluding steroid dienone is 2. The second-order valence-corrected chi connectivity index (χ2v) is 9.72. The van der Waals surface area contributed by atoms with Crippen LogP contribution in [0.2, 0.25) is 0 Å². The van der Waals surface area contributed by atoms with Crippen molar-refractivity contribution in [1.82, 2.24) is 0 Å². The summed E-state index contributed by atoms with van der Waals surface area (Å²) in [5.74, 6) is -2.65. The number of nitro benzene ring substituents is 1. The summed E-state index contributed by atoms with van der Waals surface area (Å²) in [6.07, 6.45) is 4.37. The first-order valence-electron chi connectivity index (χ1n) is 12.1. The predicted molar refractivity (Wildman–Crippen MR) is 133 cm³/mol. The molecule has 190 valence electrons. The summed E-state index contributed by atoms with van der Waals surface area (Å²) in [5.41, 5.74) is 1.14.